The molecule has 1 aliphatic heterocycles. The molecule has 1 aliphatic rings. The zero-order valence-electron chi connectivity index (χ0n) is 14.0. The standard InChI is InChI=1S/C18H19FN2O5/c19-13-4-2-1-3-12(13)14-10-20-16(26-14)6-5-15(22)21-18(9-17(23)24)7-8-25-11-18/h1-4,10H,5-9,11H2,(H,21,22)(H,23,24). The molecular weight excluding hydrogens is 343 g/mol. The largest absolute Gasteiger partial charge is 0.481 e. The fourth-order valence-corrected chi connectivity index (χ4v) is 2.97. The van der Waals surface area contributed by atoms with Crippen LogP contribution in [0.25, 0.3) is 11.3 Å². The van der Waals surface area contributed by atoms with Crippen LogP contribution in [0.2, 0.25) is 0 Å². The fraction of sp³-hybridized carbons (Fsp3) is 0.389. The van der Waals surface area contributed by atoms with Crippen LogP contribution in [-0.2, 0) is 20.7 Å². The number of carbonyl (C=O) groups excluding carboxylic acids is 1. The Morgan fingerprint density at radius 2 is 2.15 bits per heavy atom. The van der Waals surface area contributed by atoms with Gasteiger partial charge in [0.2, 0.25) is 5.91 Å². The number of oxazole rings is 1. The third kappa shape index (κ3) is 4.26. The number of benzene rings is 1. The summed E-state index contributed by atoms with van der Waals surface area (Å²) >= 11 is 0. The number of nitrogens with zero attached hydrogens (tertiary/aromatic N) is 1. The molecule has 1 fully saturated rings. The highest BCUT2D eigenvalue weighted by Crippen LogP contribution is 2.25. The number of halogens is 1. The molecule has 1 atom stereocenters. The number of aromatic nitrogens is 1. The number of aliphatic carboxylic acids is 1. The lowest BCUT2D eigenvalue weighted by molar-refractivity contribution is -0.139. The molecule has 1 unspecified atom stereocenters. The molecule has 7 nitrogen and oxygen atoms in total. The van der Waals surface area contributed by atoms with Crippen molar-refractivity contribution >= 4 is 11.9 Å². The number of rotatable bonds is 7. The predicted molar refractivity (Wildman–Crippen MR) is 88.8 cm³/mol. The highest BCUT2D eigenvalue weighted by atomic mass is 19.1. The SMILES string of the molecule is O=C(O)CC1(NC(=O)CCc2ncc(-c3ccccc3F)o2)CCOC1. The molecule has 138 valence electrons. The maximum Gasteiger partial charge on any atom is 0.305 e. The molecule has 1 amide bonds. The Hall–Kier alpha value is -2.74. The van der Waals surface area contributed by atoms with Crippen molar-refractivity contribution in [2.24, 2.45) is 0 Å². The van der Waals surface area contributed by atoms with Gasteiger partial charge < -0.3 is 19.6 Å². The van der Waals surface area contributed by atoms with Crippen molar-refractivity contribution in [1.82, 2.24) is 10.3 Å². The van der Waals surface area contributed by atoms with E-state index in [-0.39, 0.29) is 31.8 Å². The van der Waals surface area contributed by atoms with Gasteiger partial charge in [0.15, 0.2) is 11.7 Å². The predicted octanol–water partition coefficient (Wildman–Crippen LogP) is 2.16. The monoisotopic (exact) mass is 362 g/mol. The van der Waals surface area contributed by atoms with E-state index < -0.39 is 17.3 Å². The van der Waals surface area contributed by atoms with Gasteiger partial charge in [0.05, 0.1) is 30.3 Å². The molecule has 1 saturated heterocycles. The van der Waals surface area contributed by atoms with E-state index in [0.717, 1.165) is 0 Å². The molecule has 0 saturated carbocycles. The summed E-state index contributed by atoms with van der Waals surface area (Å²) in [5.74, 6) is -1.09. The number of hydrogen-bond donors (Lipinski definition) is 2. The number of ether oxygens (including phenoxy) is 1. The molecular formula is C18H19FN2O5. The summed E-state index contributed by atoms with van der Waals surface area (Å²) in [5, 5.41) is 11.8. The van der Waals surface area contributed by atoms with Gasteiger partial charge in [-0.3, -0.25) is 9.59 Å². The van der Waals surface area contributed by atoms with Gasteiger partial charge in [-0.25, -0.2) is 9.37 Å². The normalized spacial score (nSPS) is 19.4. The van der Waals surface area contributed by atoms with Crippen LogP contribution in [0.15, 0.2) is 34.9 Å². The van der Waals surface area contributed by atoms with Crippen molar-refractivity contribution in [3.05, 3.63) is 42.2 Å². The van der Waals surface area contributed by atoms with Gasteiger partial charge in [0.25, 0.3) is 0 Å². The molecule has 2 aromatic rings. The maximum atomic E-state index is 13.8. The highest BCUT2D eigenvalue weighted by molar-refractivity contribution is 5.78. The van der Waals surface area contributed by atoms with Crippen molar-refractivity contribution in [3.63, 3.8) is 0 Å². The lowest BCUT2D eigenvalue weighted by Crippen LogP contribution is -2.50. The van der Waals surface area contributed by atoms with Crippen molar-refractivity contribution in [1.29, 1.82) is 0 Å². The maximum absolute atomic E-state index is 13.8. The summed E-state index contributed by atoms with van der Waals surface area (Å²) in [6.45, 7) is 0.598. The lowest BCUT2D eigenvalue weighted by Gasteiger charge is -2.26. The molecule has 0 spiro atoms. The number of carboxylic acid groups (broad SMARTS) is 1. The summed E-state index contributed by atoms with van der Waals surface area (Å²) in [7, 11) is 0. The zero-order valence-corrected chi connectivity index (χ0v) is 14.0. The second kappa shape index (κ2) is 7.65. The number of aryl methyl sites for hydroxylation is 1. The summed E-state index contributed by atoms with van der Waals surface area (Å²) in [4.78, 5) is 27.3. The van der Waals surface area contributed by atoms with E-state index in [0.29, 0.717) is 30.2 Å². The van der Waals surface area contributed by atoms with Gasteiger partial charge in [-0.2, -0.15) is 0 Å². The Kier molecular flexibility index (Phi) is 5.32. The first-order valence-electron chi connectivity index (χ1n) is 8.28. The van der Waals surface area contributed by atoms with Crippen molar-refractivity contribution in [2.75, 3.05) is 13.2 Å². The number of carboxylic acids is 1. The quantitative estimate of drug-likeness (QED) is 0.783. The number of carbonyl (C=O) groups is 2. The molecule has 0 aliphatic carbocycles. The summed E-state index contributed by atoms with van der Waals surface area (Å²) < 4.78 is 24.5. The van der Waals surface area contributed by atoms with Crippen LogP contribution in [0.3, 0.4) is 0 Å². The molecule has 2 N–H and O–H groups in total. The lowest BCUT2D eigenvalue weighted by atomic mass is 9.94. The smallest absolute Gasteiger partial charge is 0.305 e. The van der Waals surface area contributed by atoms with Crippen molar-refractivity contribution < 1.29 is 28.2 Å². The Morgan fingerprint density at radius 3 is 2.85 bits per heavy atom. The molecule has 3 rings (SSSR count). The van der Waals surface area contributed by atoms with Gasteiger partial charge in [-0.1, -0.05) is 12.1 Å². The molecule has 26 heavy (non-hydrogen) atoms. The van der Waals surface area contributed by atoms with E-state index >= 15 is 0 Å². The van der Waals surface area contributed by atoms with E-state index in [1.807, 2.05) is 0 Å². The number of hydrogen-bond acceptors (Lipinski definition) is 5. The van der Waals surface area contributed by atoms with Gasteiger partial charge in [-0.15, -0.1) is 0 Å². The highest BCUT2D eigenvalue weighted by Gasteiger charge is 2.38. The van der Waals surface area contributed by atoms with Gasteiger partial charge >= 0.3 is 5.97 Å². The molecule has 2 heterocycles. The first kappa shape index (κ1) is 18.1. The Morgan fingerprint density at radius 1 is 1.35 bits per heavy atom. The molecule has 1 aromatic carbocycles. The Bertz CT molecular complexity index is 798. The van der Waals surface area contributed by atoms with Crippen LogP contribution in [0, 0.1) is 5.82 Å². The fourth-order valence-electron chi connectivity index (χ4n) is 2.97. The Labute approximate surface area is 149 Å². The van der Waals surface area contributed by atoms with Crippen molar-refractivity contribution in [2.45, 2.75) is 31.2 Å². The van der Waals surface area contributed by atoms with E-state index in [2.05, 4.69) is 10.3 Å². The third-order valence-electron chi connectivity index (χ3n) is 4.26. The van der Waals surface area contributed by atoms with Crippen molar-refractivity contribution in [3.8, 4) is 11.3 Å². The van der Waals surface area contributed by atoms with Crippen LogP contribution >= 0.6 is 0 Å². The first-order chi connectivity index (χ1) is 12.5. The average molecular weight is 362 g/mol. The van der Waals surface area contributed by atoms with E-state index in [4.69, 9.17) is 14.3 Å². The first-order valence-corrected chi connectivity index (χ1v) is 8.28. The van der Waals surface area contributed by atoms with Crippen LogP contribution in [0.4, 0.5) is 4.39 Å². The second-order valence-electron chi connectivity index (χ2n) is 6.30. The van der Waals surface area contributed by atoms with Gasteiger partial charge in [0, 0.05) is 19.4 Å². The molecule has 0 radical (unpaired) electrons. The minimum atomic E-state index is -0.988. The molecule has 1 aromatic heterocycles. The van der Waals surface area contributed by atoms with Gasteiger partial charge in [-0.05, 0) is 18.6 Å². The zero-order chi connectivity index (χ0) is 18.6. The second-order valence-corrected chi connectivity index (χ2v) is 6.30. The summed E-state index contributed by atoms with van der Waals surface area (Å²) in [6, 6.07) is 6.19. The van der Waals surface area contributed by atoms with Crippen LogP contribution in [-0.4, -0.2) is 40.7 Å². The third-order valence-corrected chi connectivity index (χ3v) is 4.26. The van der Waals surface area contributed by atoms with Crippen LogP contribution in [0.1, 0.15) is 25.2 Å². The minimum absolute atomic E-state index is 0.0819. The van der Waals surface area contributed by atoms with E-state index in [1.165, 1.54) is 12.3 Å². The minimum Gasteiger partial charge on any atom is -0.481 e. The average Bonchev–Trinajstić information content (AvgIpc) is 3.22. The molecule has 8 heteroatoms. The molecule has 0 bridgehead atoms. The Balaban J connectivity index is 1.58. The van der Waals surface area contributed by atoms with E-state index in [9.17, 15) is 14.0 Å². The summed E-state index contributed by atoms with van der Waals surface area (Å²) in [5.41, 5.74) is -0.558. The summed E-state index contributed by atoms with van der Waals surface area (Å²) in [6.07, 6.45) is 2.00. The van der Waals surface area contributed by atoms with Crippen LogP contribution < -0.4 is 5.32 Å². The van der Waals surface area contributed by atoms with Crippen LogP contribution in [0.5, 0.6) is 0 Å². The van der Waals surface area contributed by atoms with E-state index in [1.54, 1.807) is 18.2 Å². The number of nitrogens with one attached hydrogen (secondary N) is 1. The topological polar surface area (TPSA) is 102 Å². The van der Waals surface area contributed by atoms with Gasteiger partial charge in [0.1, 0.15) is 5.82 Å². The number of amides is 1.